The SMILES string of the molecule is CNC(C)(C)Cc1ccc(F)c(Br)c1F. The van der Waals surface area contributed by atoms with Gasteiger partial charge in [0.05, 0.1) is 4.47 Å². The largest absolute Gasteiger partial charge is 0.314 e. The normalized spacial score (nSPS) is 11.9. The fourth-order valence-electron chi connectivity index (χ4n) is 1.27. The second-order valence-corrected chi connectivity index (χ2v) is 4.94. The van der Waals surface area contributed by atoms with Gasteiger partial charge in [-0.3, -0.25) is 0 Å². The maximum absolute atomic E-state index is 13.6. The molecule has 0 fully saturated rings. The van der Waals surface area contributed by atoms with E-state index in [2.05, 4.69) is 21.2 Å². The summed E-state index contributed by atoms with van der Waals surface area (Å²) in [6, 6.07) is 2.75. The first-order chi connectivity index (χ1) is 6.87. The maximum Gasteiger partial charge on any atom is 0.143 e. The van der Waals surface area contributed by atoms with Crippen LogP contribution < -0.4 is 5.32 Å². The molecule has 0 atom stereocenters. The molecule has 84 valence electrons. The van der Waals surface area contributed by atoms with Gasteiger partial charge in [0.1, 0.15) is 11.6 Å². The van der Waals surface area contributed by atoms with Crippen LogP contribution in [-0.2, 0) is 6.42 Å². The maximum atomic E-state index is 13.6. The topological polar surface area (TPSA) is 12.0 Å². The Morgan fingerprint density at radius 1 is 1.33 bits per heavy atom. The third-order valence-electron chi connectivity index (χ3n) is 2.42. The van der Waals surface area contributed by atoms with E-state index in [-0.39, 0.29) is 10.0 Å². The van der Waals surface area contributed by atoms with Crippen molar-refractivity contribution in [1.82, 2.24) is 5.32 Å². The van der Waals surface area contributed by atoms with Crippen molar-refractivity contribution in [2.75, 3.05) is 7.05 Å². The molecule has 0 radical (unpaired) electrons. The van der Waals surface area contributed by atoms with Crippen LogP contribution >= 0.6 is 15.9 Å². The van der Waals surface area contributed by atoms with Crippen molar-refractivity contribution in [3.63, 3.8) is 0 Å². The summed E-state index contributed by atoms with van der Waals surface area (Å²) >= 11 is 2.89. The Kier molecular flexibility index (Phi) is 3.84. The van der Waals surface area contributed by atoms with Crippen molar-refractivity contribution in [1.29, 1.82) is 0 Å². The summed E-state index contributed by atoms with van der Waals surface area (Å²) < 4.78 is 26.5. The van der Waals surface area contributed by atoms with Gasteiger partial charge >= 0.3 is 0 Å². The molecule has 0 spiro atoms. The lowest BCUT2D eigenvalue weighted by Gasteiger charge is -2.24. The molecule has 4 heteroatoms. The van der Waals surface area contributed by atoms with E-state index in [1.165, 1.54) is 12.1 Å². The van der Waals surface area contributed by atoms with Crippen LogP contribution in [0.15, 0.2) is 16.6 Å². The van der Waals surface area contributed by atoms with Gasteiger partial charge < -0.3 is 5.32 Å². The number of rotatable bonds is 3. The van der Waals surface area contributed by atoms with E-state index in [4.69, 9.17) is 0 Å². The fraction of sp³-hybridized carbons (Fsp3) is 0.455. The average Bonchev–Trinajstić information content (AvgIpc) is 2.19. The molecule has 0 amide bonds. The van der Waals surface area contributed by atoms with Crippen molar-refractivity contribution in [2.45, 2.75) is 25.8 Å². The molecule has 1 aromatic carbocycles. The van der Waals surface area contributed by atoms with E-state index in [0.717, 1.165) is 0 Å². The summed E-state index contributed by atoms with van der Waals surface area (Å²) in [6.45, 7) is 3.92. The summed E-state index contributed by atoms with van der Waals surface area (Å²) in [5, 5.41) is 3.08. The molecule has 0 saturated carbocycles. The Labute approximate surface area is 97.0 Å². The molecule has 15 heavy (non-hydrogen) atoms. The minimum absolute atomic E-state index is 0.0908. The molecule has 0 unspecified atom stereocenters. The van der Waals surface area contributed by atoms with Crippen LogP contribution in [0.25, 0.3) is 0 Å². The van der Waals surface area contributed by atoms with Crippen LogP contribution in [-0.4, -0.2) is 12.6 Å². The highest BCUT2D eigenvalue weighted by Gasteiger charge is 2.19. The number of nitrogens with one attached hydrogen (secondary N) is 1. The van der Waals surface area contributed by atoms with Crippen LogP contribution in [0.1, 0.15) is 19.4 Å². The number of benzene rings is 1. The van der Waals surface area contributed by atoms with Crippen molar-refractivity contribution in [3.8, 4) is 0 Å². The molecule has 0 bridgehead atoms. The van der Waals surface area contributed by atoms with E-state index >= 15 is 0 Å². The molecule has 0 saturated heterocycles. The predicted octanol–water partition coefficient (Wildman–Crippen LogP) is 3.27. The van der Waals surface area contributed by atoms with Crippen LogP contribution in [0.4, 0.5) is 8.78 Å². The van der Waals surface area contributed by atoms with Crippen LogP contribution in [0.5, 0.6) is 0 Å². The predicted molar refractivity (Wildman–Crippen MR) is 60.9 cm³/mol. The molecule has 1 nitrogen and oxygen atoms in total. The van der Waals surface area contributed by atoms with E-state index in [1.807, 2.05) is 20.9 Å². The third kappa shape index (κ3) is 2.98. The minimum atomic E-state index is -0.571. The lowest BCUT2D eigenvalue weighted by molar-refractivity contribution is 0.412. The second kappa shape index (κ2) is 4.58. The van der Waals surface area contributed by atoms with E-state index in [1.54, 1.807) is 0 Å². The van der Waals surface area contributed by atoms with Gasteiger partial charge in [-0.1, -0.05) is 6.07 Å². The van der Waals surface area contributed by atoms with Gasteiger partial charge in [-0.05, 0) is 54.9 Å². The van der Waals surface area contributed by atoms with Crippen LogP contribution in [0, 0.1) is 11.6 Å². The number of hydrogen-bond acceptors (Lipinski definition) is 1. The van der Waals surface area contributed by atoms with Gasteiger partial charge in [0.25, 0.3) is 0 Å². The van der Waals surface area contributed by atoms with Crippen LogP contribution in [0.3, 0.4) is 0 Å². The van der Waals surface area contributed by atoms with Crippen molar-refractivity contribution < 1.29 is 8.78 Å². The molecule has 0 aliphatic heterocycles. The molecular formula is C11H14BrF2N. The summed E-state index contributed by atoms with van der Waals surface area (Å²) in [4.78, 5) is 0. The molecule has 1 N–H and O–H groups in total. The first-order valence-corrected chi connectivity index (χ1v) is 5.48. The fourth-order valence-corrected chi connectivity index (χ4v) is 1.65. The van der Waals surface area contributed by atoms with Gasteiger partial charge in [0.15, 0.2) is 0 Å². The Balaban J connectivity index is 3.02. The molecule has 1 aromatic rings. The zero-order valence-corrected chi connectivity index (χ0v) is 10.6. The smallest absolute Gasteiger partial charge is 0.143 e. The number of hydrogen-bond donors (Lipinski definition) is 1. The number of likely N-dealkylation sites (N-methyl/N-ethyl adjacent to an activating group) is 1. The van der Waals surface area contributed by atoms with Gasteiger partial charge in [0, 0.05) is 5.54 Å². The summed E-state index contributed by atoms with van der Waals surface area (Å²) in [7, 11) is 1.82. The molecule has 0 aliphatic carbocycles. The van der Waals surface area contributed by atoms with Gasteiger partial charge in [-0.25, -0.2) is 8.78 Å². The summed E-state index contributed by atoms with van der Waals surface area (Å²) in [6.07, 6.45) is 0.508. The standard InChI is InChI=1S/C11H14BrF2N/c1-11(2,15-3)6-7-4-5-8(13)9(12)10(7)14/h4-5,15H,6H2,1-3H3. The Hall–Kier alpha value is -0.480. The van der Waals surface area contributed by atoms with E-state index < -0.39 is 11.6 Å². The molecular weight excluding hydrogens is 264 g/mol. The van der Waals surface area contributed by atoms with Crippen molar-refractivity contribution in [2.24, 2.45) is 0 Å². The first kappa shape index (κ1) is 12.6. The zero-order valence-electron chi connectivity index (χ0n) is 9.00. The molecule has 0 heterocycles. The zero-order chi connectivity index (χ0) is 11.6. The lowest BCUT2D eigenvalue weighted by Crippen LogP contribution is -2.38. The minimum Gasteiger partial charge on any atom is -0.314 e. The third-order valence-corrected chi connectivity index (χ3v) is 3.15. The van der Waals surface area contributed by atoms with Crippen molar-refractivity contribution in [3.05, 3.63) is 33.8 Å². The molecule has 0 aromatic heterocycles. The highest BCUT2D eigenvalue weighted by molar-refractivity contribution is 9.10. The molecule has 0 aliphatic rings. The summed E-state index contributed by atoms with van der Waals surface area (Å²) in [5.74, 6) is -1.09. The van der Waals surface area contributed by atoms with E-state index in [9.17, 15) is 8.78 Å². The Morgan fingerprint density at radius 2 is 1.93 bits per heavy atom. The highest BCUT2D eigenvalue weighted by Crippen LogP contribution is 2.25. The quantitative estimate of drug-likeness (QED) is 0.837. The van der Waals surface area contributed by atoms with E-state index in [0.29, 0.717) is 12.0 Å². The second-order valence-electron chi connectivity index (χ2n) is 4.15. The highest BCUT2D eigenvalue weighted by atomic mass is 79.9. The number of halogens is 3. The summed E-state index contributed by atoms with van der Waals surface area (Å²) in [5.41, 5.74) is 0.292. The van der Waals surface area contributed by atoms with Gasteiger partial charge in [-0.15, -0.1) is 0 Å². The van der Waals surface area contributed by atoms with Crippen molar-refractivity contribution >= 4 is 15.9 Å². The monoisotopic (exact) mass is 277 g/mol. The lowest BCUT2D eigenvalue weighted by atomic mass is 9.95. The average molecular weight is 278 g/mol. The molecule has 1 rings (SSSR count). The van der Waals surface area contributed by atoms with Gasteiger partial charge in [-0.2, -0.15) is 0 Å². The Bertz CT molecular complexity index is 364. The Morgan fingerprint density at radius 3 is 2.47 bits per heavy atom. The first-order valence-electron chi connectivity index (χ1n) is 4.68. The van der Waals surface area contributed by atoms with Gasteiger partial charge in [0.2, 0.25) is 0 Å². The van der Waals surface area contributed by atoms with Crippen LogP contribution in [0.2, 0.25) is 0 Å².